The first kappa shape index (κ1) is 13.2. The van der Waals surface area contributed by atoms with Gasteiger partial charge in [0, 0.05) is 23.7 Å². The van der Waals surface area contributed by atoms with E-state index in [2.05, 4.69) is 4.98 Å². The Balaban J connectivity index is 1.99. The van der Waals surface area contributed by atoms with Crippen LogP contribution in [0, 0.1) is 16.8 Å². The molecule has 1 saturated heterocycles. The van der Waals surface area contributed by atoms with Gasteiger partial charge in [-0.05, 0) is 25.6 Å². The molecular weight excluding hydrogens is 270 g/mol. The largest absolute Gasteiger partial charge is 0.369 e. The van der Waals surface area contributed by atoms with Gasteiger partial charge in [-0.15, -0.1) is 11.3 Å². The Hall–Kier alpha value is -1.21. The minimum Gasteiger partial charge on any atom is -0.369 e. The maximum Gasteiger partial charge on any atom is 0.227 e. The minimum atomic E-state index is -0.321. The summed E-state index contributed by atoms with van der Waals surface area (Å²) >= 11 is 6.47. The number of nitrogens with one attached hydrogen (secondary N) is 1. The van der Waals surface area contributed by atoms with Crippen LogP contribution in [0.2, 0.25) is 0 Å². The molecule has 2 heterocycles. The fourth-order valence-electron chi connectivity index (χ4n) is 2.07. The molecule has 0 bridgehead atoms. The van der Waals surface area contributed by atoms with Gasteiger partial charge < -0.3 is 15.6 Å². The number of hydrogen-bond donors (Lipinski definition) is 2. The number of carbonyl (C=O) groups is 2. The first-order chi connectivity index (χ1) is 8.47. The molecule has 1 fully saturated rings. The Morgan fingerprint density at radius 2 is 2.33 bits per heavy atom. The summed E-state index contributed by atoms with van der Waals surface area (Å²) in [6.07, 6.45) is 1.01. The topological polar surface area (TPSA) is 79.2 Å². The van der Waals surface area contributed by atoms with Crippen molar-refractivity contribution in [1.29, 1.82) is 0 Å². The van der Waals surface area contributed by atoms with Crippen molar-refractivity contribution < 1.29 is 9.59 Å². The number of aryl methyl sites for hydroxylation is 1. The Morgan fingerprint density at radius 3 is 2.83 bits per heavy atom. The molecule has 0 saturated carbocycles. The van der Waals surface area contributed by atoms with Crippen LogP contribution in [0.25, 0.3) is 0 Å². The predicted octanol–water partition coefficient (Wildman–Crippen LogP) is 0.990. The molecule has 1 aromatic heterocycles. The van der Waals surface area contributed by atoms with E-state index in [1.807, 2.05) is 6.92 Å². The van der Waals surface area contributed by atoms with Gasteiger partial charge in [-0.2, -0.15) is 0 Å². The molecule has 1 aliphatic rings. The number of nitrogens with two attached hydrogens (primary N) is 1. The fourth-order valence-corrected chi connectivity index (χ4v) is 3.36. The zero-order chi connectivity index (χ0) is 13.3. The van der Waals surface area contributed by atoms with E-state index in [1.54, 1.807) is 4.90 Å². The Labute approximate surface area is 114 Å². The van der Waals surface area contributed by atoms with Crippen LogP contribution in [-0.2, 0) is 16.0 Å². The number of thiazole rings is 1. The second-order valence-electron chi connectivity index (χ2n) is 4.47. The molecule has 0 radical (unpaired) electrons. The van der Waals surface area contributed by atoms with E-state index < -0.39 is 0 Å². The Morgan fingerprint density at radius 1 is 1.61 bits per heavy atom. The summed E-state index contributed by atoms with van der Waals surface area (Å²) in [5.74, 6) is -0.481. The number of primary amides is 1. The number of nitrogens with zero attached hydrogens (tertiary/aromatic N) is 1. The van der Waals surface area contributed by atoms with E-state index in [4.69, 9.17) is 18.0 Å². The van der Waals surface area contributed by atoms with Crippen LogP contribution >= 0.6 is 23.6 Å². The third-order valence-corrected chi connectivity index (χ3v) is 4.52. The molecule has 0 spiro atoms. The molecule has 18 heavy (non-hydrogen) atoms. The number of aromatic nitrogens is 1. The summed E-state index contributed by atoms with van der Waals surface area (Å²) in [4.78, 5) is 28.8. The van der Waals surface area contributed by atoms with Crippen molar-refractivity contribution in [3.05, 3.63) is 14.5 Å². The summed E-state index contributed by atoms with van der Waals surface area (Å²) in [5, 5.41) is 0. The SMILES string of the molecule is Cc1[nH]c(=S)sc1CC(=O)N1CCC(C(N)=O)C1. The van der Waals surface area contributed by atoms with Crippen molar-refractivity contribution in [1.82, 2.24) is 9.88 Å². The molecule has 1 aromatic rings. The number of amides is 2. The molecule has 1 aliphatic heterocycles. The van der Waals surface area contributed by atoms with Crippen LogP contribution in [0.15, 0.2) is 0 Å². The van der Waals surface area contributed by atoms with Crippen molar-refractivity contribution in [3.63, 3.8) is 0 Å². The zero-order valence-electron chi connectivity index (χ0n) is 10.1. The highest BCUT2D eigenvalue weighted by Gasteiger charge is 2.29. The van der Waals surface area contributed by atoms with Gasteiger partial charge in [-0.1, -0.05) is 0 Å². The lowest BCUT2D eigenvalue weighted by atomic mass is 10.1. The minimum absolute atomic E-state index is 0.0344. The van der Waals surface area contributed by atoms with Gasteiger partial charge in [-0.3, -0.25) is 9.59 Å². The molecule has 1 unspecified atom stereocenters. The lowest BCUT2D eigenvalue weighted by Crippen LogP contribution is -2.32. The summed E-state index contributed by atoms with van der Waals surface area (Å²) in [5.41, 5.74) is 6.19. The molecule has 7 heteroatoms. The first-order valence-corrected chi connectivity index (χ1v) is 6.95. The second kappa shape index (κ2) is 5.19. The number of rotatable bonds is 3. The van der Waals surface area contributed by atoms with Gasteiger partial charge in [-0.25, -0.2) is 0 Å². The van der Waals surface area contributed by atoms with Crippen LogP contribution in [0.1, 0.15) is 17.0 Å². The van der Waals surface area contributed by atoms with Crippen LogP contribution in [0.4, 0.5) is 0 Å². The lowest BCUT2D eigenvalue weighted by molar-refractivity contribution is -0.129. The summed E-state index contributed by atoms with van der Waals surface area (Å²) in [6.45, 7) is 2.97. The number of aromatic amines is 1. The highest BCUT2D eigenvalue weighted by Crippen LogP contribution is 2.20. The third-order valence-electron chi connectivity index (χ3n) is 3.18. The number of carbonyl (C=O) groups excluding carboxylic acids is 2. The molecule has 5 nitrogen and oxygen atoms in total. The first-order valence-electron chi connectivity index (χ1n) is 5.73. The number of hydrogen-bond acceptors (Lipinski definition) is 4. The van der Waals surface area contributed by atoms with Crippen molar-refractivity contribution in [2.24, 2.45) is 11.7 Å². The molecule has 0 aliphatic carbocycles. The molecule has 2 rings (SSSR count). The van der Waals surface area contributed by atoms with Crippen molar-refractivity contribution in [2.75, 3.05) is 13.1 Å². The average molecular weight is 285 g/mol. The van der Waals surface area contributed by atoms with E-state index in [0.717, 1.165) is 10.6 Å². The number of H-pyrrole nitrogens is 1. The van der Waals surface area contributed by atoms with Gasteiger partial charge in [0.15, 0.2) is 3.95 Å². The van der Waals surface area contributed by atoms with Gasteiger partial charge in [0.1, 0.15) is 0 Å². The van der Waals surface area contributed by atoms with E-state index in [9.17, 15) is 9.59 Å². The van der Waals surface area contributed by atoms with Gasteiger partial charge >= 0.3 is 0 Å². The fraction of sp³-hybridized carbons (Fsp3) is 0.545. The number of likely N-dealkylation sites (tertiary alicyclic amines) is 1. The van der Waals surface area contributed by atoms with Crippen molar-refractivity contribution >= 4 is 35.4 Å². The van der Waals surface area contributed by atoms with E-state index >= 15 is 0 Å². The third kappa shape index (κ3) is 2.78. The smallest absolute Gasteiger partial charge is 0.227 e. The summed E-state index contributed by atoms with van der Waals surface area (Å²) in [6, 6.07) is 0. The average Bonchev–Trinajstić information content (AvgIpc) is 2.86. The predicted molar refractivity (Wildman–Crippen MR) is 71.8 cm³/mol. The van der Waals surface area contributed by atoms with Crippen LogP contribution in [0.3, 0.4) is 0 Å². The molecule has 1 atom stereocenters. The van der Waals surface area contributed by atoms with Crippen molar-refractivity contribution in [2.45, 2.75) is 19.8 Å². The van der Waals surface area contributed by atoms with E-state index in [0.29, 0.717) is 29.9 Å². The lowest BCUT2D eigenvalue weighted by Gasteiger charge is -2.15. The zero-order valence-corrected chi connectivity index (χ0v) is 11.7. The summed E-state index contributed by atoms with van der Waals surface area (Å²) < 4.78 is 0.687. The van der Waals surface area contributed by atoms with Gasteiger partial charge in [0.05, 0.1) is 12.3 Å². The standard InChI is InChI=1S/C11H15N3O2S2/c1-6-8(18-11(17)13-6)4-9(15)14-3-2-7(5-14)10(12)16/h7H,2-5H2,1H3,(H2,12,16)(H,13,17). The molecule has 2 amide bonds. The van der Waals surface area contributed by atoms with Crippen LogP contribution in [0.5, 0.6) is 0 Å². The summed E-state index contributed by atoms with van der Waals surface area (Å²) in [7, 11) is 0. The van der Waals surface area contributed by atoms with Crippen LogP contribution < -0.4 is 5.73 Å². The normalized spacial score (nSPS) is 19.2. The van der Waals surface area contributed by atoms with Crippen molar-refractivity contribution in [3.8, 4) is 0 Å². The molecule has 98 valence electrons. The molecular formula is C11H15N3O2S2. The Kier molecular flexibility index (Phi) is 3.82. The Bertz CT molecular complexity index is 535. The monoisotopic (exact) mass is 285 g/mol. The van der Waals surface area contributed by atoms with Gasteiger partial charge in [0.2, 0.25) is 11.8 Å². The van der Waals surface area contributed by atoms with E-state index in [1.165, 1.54) is 11.3 Å². The quantitative estimate of drug-likeness (QED) is 0.813. The molecule has 3 N–H and O–H groups in total. The molecule has 0 aromatic carbocycles. The maximum atomic E-state index is 12.1. The highest BCUT2D eigenvalue weighted by molar-refractivity contribution is 7.73. The second-order valence-corrected chi connectivity index (χ2v) is 6.24. The van der Waals surface area contributed by atoms with Gasteiger partial charge in [0.25, 0.3) is 0 Å². The highest BCUT2D eigenvalue weighted by atomic mass is 32.1. The maximum absolute atomic E-state index is 12.1. The van der Waals surface area contributed by atoms with Crippen LogP contribution in [-0.4, -0.2) is 34.8 Å². The van der Waals surface area contributed by atoms with E-state index in [-0.39, 0.29) is 17.7 Å².